The Balaban J connectivity index is 1.92. The Kier molecular flexibility index (Phi) is 5.58. The van der Waals surface area contributed by atoms with Crippen molar-refractivity contribution in [3.63, 3.8) is 0 Å². The number of aromatic nitrogens is 3. The van der Waals surface area contributed by atoms with Gasteiger partial charge in [-0.1, -0.05) is 43.7 Å². The first-order valence-electron chi connectivity index (χ1n) is 8.56. The standard InChI is InChI=1S/C19H21N5O2/c1-3-4-11-26-17-10-9-14-7-5-6-8-15(14)16(17)12-20-23-18-13(2)22-24-19(25)21-18/h5-10,12H,3-4,11H2,1-2H3,(H2,21,23,24,25). The van der Waals surface area contributed by atoms with Gasteiger partial charge in [-0.05, 0) is 30.2 Å². The van der Waals surface area contributed by atoms with Crippen LogP contribution in [0, 0.1) is 6.92 Å². The normalized spacial score (nSPS) is 11.2. The molecular formula is C19H21N5O2. The van der Waals surface area contributed by atoms with Gasteiger partial charge >= 0.3 is 5.69 Å². The Bertz CT molecular complexity index is 981. The summed E-state index contributed by atoms with van der Waals surface area (Å²) in [6.07, 6.45) is 3.74. The second-order valence-electron chi connectivity index (χ2n) is 5.85. The number of fused-ring (bicyclic) bond motifs is 1. The Labute approximate surface area is 151 Å². The van der Waals surface area contributed by atoms with Gasteiger partial charge in [0, 0.05) is 5.56 Å². The largest absolute Gasteiger partial charge is 0.493 e. The molecule has 0 fully saturated rings. The molecule has 0 bridgehead atoms. The summed E-state index contributed by atoms with van der Waals surface area (Å²) in [5, 5.41) is 12.5. The molecule has 0 spiro atoms. The van der Waals surface area contributed by atoms with Crippen molar-refractivity contribution in [2.75, 3.05) is 12.0 Å². The van der Waals surface area contributed by atoms with Gasteiger partial charge in [-0.2, -0.15) is 15.2 Å². The van der Waals surface area contributed by atoms with Crippen LogP contribution in [0.3, 0.4) is 0 Å². The summed E-state index contributed by atoms with van der Waals surface area (Å²) in [5.74, 6) is 1.09. The number of unbranched alkanes of at least 4 members (excludes halogenated alkanes) is 1. The maximum Gasteiger partial charge on any atom is 0.363 e. The third-order valence-corrected chi connectivity index (χ3v) is 3.93. The van der Waals surface area contributed by atoms with E-state index in [0.717, 1.165) is 34.9 Å². The third-order valence-electron chi connectivity index (χ3n) is 3.93. The molecule has 3 aromatic rings. The molecule has 1 heterocycles. The van der Waals surface area contributed by atoms with Crippen molar-refractivity contribution in [1.29, 1.82) is 0 Å². The van der Waals surface area contributed by atoms with Crippen molar-refractivity contribution < 1.29 is 4.74 Å². The summed E-state index contributed by atoms with van der Waals surface area (Å²) in [4.78, 5) is 15.1. The molecule has 0 saturated heterocycles. The fourth-order valence-electron chi connectivity index (χ4n) is 2.52. The van der Waals surface area contributed by atoms with Crippen LogP contribution in [-0.4, -0.2) is 28.0 Å². The number of nitrogens with zero attached hydrogens (tertiary/aromatic N) is 3. The van der Waals surface area contributed by atoms with Gasteiger partial charge < -0.3 is 4.74 Å². The van der Waals surface area contributed by atoms with E-state index < -0.39 is 5.69 Å². The average Bonchev–Trinajstić information content (AvgIpc) is 2.66. The fourth-order valence-corrected chi connectivity index (χ4v) is 2.52. The van der Waals surface area contributed by atoms with E-state index in [1.807, 2.05) is 36.4 Å². The van der Waals surface area contributed by atoms with E-state index in [2.05, 4.69) is 32.6 Å². The Morgan fingerprint density at radius 3 is 2.96 bits per heavy atom. The smallest absolute Gasteiger partial charge is 0.363 e. The highest BCUT2D eigenvalue weighted by atomic mass is 16.5. The number of anilines is 1. The van der Waals surface area contributed by atoms with E-state index in [1.54, 1.807) is 13.1 Å². The number of hydrogen-bond donors (Lipinski definition) is 2. The van der Waals surface area contributed by atoms with Crippen molar-refractivity contribution in [3.05, 3.63) is 58.1 Å². The van der Waals surface area contributed by atoms with E-state index >= 15 is 0 Å². The monoisotopic (exact) mass is 351 g/mol. The number of H-pyrrole nitrogens is 1. The highest BCUT2D eigenvalue weighted by molar-refractivity contribution is 6.02. The summed E-state index contributed by atoms with van der Waals surface area (Å²) in [6.45, 7) is 4.51. The molecule has 0 atom stereocenters. The first-order chi connectivity index (χ1) is 12.7. The molecule has 0 radical (unpaired) electrons. The van der Waals surface area contributed by atoms with E-state index in [4.69, 9.17) is 4.74 Å². The zero-order valence-corrected chi connectivity index (χ0v) is 14.8. The van der Waals surface area contributed by atoms with Gasteiger partial charge in [-0.3, -0.25) is 5.43 Å². The molecule has 3 rings (SSSR count). The lowest BCUT2D eigenvalue weighted by Crippen LogP contribution is -2.15. The summed E-state index contributed by atoms with van der Waals surface area (Å²) >= 11 is 0. The molecule has 26 heavy (non-hydrogen) atoms. The quantitative estimate of drug-likeness (QED) is 0.387. The van der Waals surface area contributed by atoms with Crippen LogP contribution in [0.1, 0.15) is 31.0 Å². The minimum Gasteiger partial charge on any atom is -0.493 e. The molecule has 0 aliphatic rings. The fraction of sp³-hybridized carbons (Fsp3) is 0.263. The van der Waals surface area contributed by atoms with Crippen LogP contribution in [-0.2, 0) is 0 Å². The maximum absolute atomic E-state index is 11.3. The van der Waals surface area contributed by atoms with Gasteiger partial charge in [-0.15, -0.1) is 0 Å². The highest BCUT2D eigenvalue weighted by Gasteiger charge is 2.07. The number of ether oxygens (including phenoxy) is 1. The Morgan fingerprint density at radius 1 is 1.27 bits per heavy atom. The topological polar surface area (TPSA) is 92.3 Å². The van der Waals surface area contributed by atoms with Crippen molar-refractivity contribution in [3.8, 4) is 5.75 Å². The lowest BCUT2D eigenvalue weighted by atomic mass is 10.0. The van der Waals surface area contributed by atoms with Gasteiger partial charge in [0.05, 0.1) is 12.8 Å². The first kappa shape index (κ1) is 17.6. The molecule has 0 aliphatic heterocycles. The van der Waals surface area contributed by atoms with Crippen LogP contribution in [0.5, 0.6) is 5.75 Å². The van der Waals surface area contributed by atoms with E-state index in [-0.39, 0.29) is 0 Å². The molecule has 2 N–H and O–H groups in total. The third kappa shape index (κ3) is 4.05. The van der Waals surface area contributed by atoms with Crippen LogP contribution < -0.4 is 15.9 Å². The number of nitrogens with one attached hydrogen (secondary N) is 2. The van der Waals surface area contributed by atoms with Crippen LogP contribution in [0.4, 0.5) is 5.82 Å². The number of aromatic amines is 1. The lowest BCUT2D eigenvalue weighted by molar-refractivity contribution is 0.309. The number of hydrazone groups is 1. The van der Waals surface area contributed by atoms with Gasteiger partial charge in [-0.25, -0.2) is 9.89 Å². The number of aryl methyl sites for hydroxylation is 1. The van der Waals surface area contributed by atoms with Crippen LogP contribution in [0.2, 0.25) is 0 Å². The van der Waals surface area contributed by atoms with E-state index in [9.17, 15) is 4.79 Å². The number of rotatable bonds is 7. The molecule has 0 unspecified atom stereocenters. The summed E-state index contributed by atoms with van der Waals surface area (Å²) < 4.78 is 5.93. The minimum atomic E-state index is -0.526. The SMILES string of the molecule is CCCCOc1ccc2ccccc2c1C=NNc1nc(=O)[nH]nc1C. The molecular weight excluding hydrogens is 330 g/mol. The van der Waals surface area contributed by atoms with Gasteiger partial charge in [0.25, 0.3) is 0 Å². The van der Waals surface area contributed by atoms with Crippen molar-refractivity contribution in [2.24, 2.45) is 5.10 Å². The zero-order chi connectivity index (χ0) is 18.4. The summed E-state index contributed by atoms with van der Waals surface area (Å²) in [5.41, 5.74) is 3.69. The molecule has 0 aliphatic carbocycles. The van der Waals surface area contributed by atoms with Gasteiger partial charge in [0.1, 0.15) is 11.4 Å². The second kappa shape index (κ2) is 8.24. The summed E-state index contributed by atoms with van der Waals surface area (Å²) in [7, 11) is 0. The van der Waals surface area contributed by atoms with E-state index in [1.165, 1.54) is 0 Å². The van der Waals surface area contributed by atoms with Crippen molar-refractivity contribution >= 4 is 22.8 Å². The van der Waals surface area contributed by atoms with Gasteiger partial charge in [0.2, 0.25) is 0 Å². The minimum absolute atomic E-state index is 0.318. The molecule has 0 saturated carbocycles. The lowest BCUT2D eigenvalue weighted by Gasteiger charge is -2.11. The Morgan fingerprint density at radius 2 is 2.12 bits per heavy atom. The highest BCUT2D eigenvalue weighted by Crippen LogP contribution is 2.27. The molecule has 134 valence electrons. The summed E-state index contributed by atoms with van der Waals surface area (Å²) in [6, 6.07) is 12.0. The number of benzene rings is 2. The average molecular weight is 351 g/mol. The first-order valence-corrected chi connectivity index (χ1v) is 8.56. The molecule has 1 aromatic heterocycles. The Hall–Kier alpha value is -3.22. The zero-order valence-electron chi connectivity index (χ0n) is 14.8. The molecule has 7 nitrogen and oxygen atoms in total. The second-order valence-corrected chi connectivity index (χ2v) is 5.85. The van der Waals surface area contributed by atoms with Crippen LogP contribution >= 0.6 is 0 Å². The van der Waals surface area contributed by atoms with Crippen molar-refractivity contribution in [2.45, 2.75) is 26.7 Å². The predicted octanol–water partition coefficient (Wildman–Crippen LogP) is 3.25. The predicted molar refractivity (Wildman–Crippen MR) is 103 cm³/mol. The van der Waals surface area contributed by atoms with Crippen molar-refractivity contribution in [1.82, 2.24) is 15.2 Å². The van der Waals surface area contributed by atoms with Crippen LogP contribution in [0.25, 0.3) is 10.8 Å². The number of hydrogen-bond acceptors (Lipinski definition) is 6. The molecule has 0 amide bonds. The molecule has 2 aromatic carbocycles. The maximum atomic E-state index is 11.3. The van der Waals surface area contributed by atoms with Gasteiger partial charge in [0.15, 0.2) is 5.82 Å². The van der Waals surface area contributed by atoms with Crippen LogP contribution in [0.15, 0.2) is 46.3 Å². The molecule has 7 heteroatoms. The van der Waals surface area contributed by atoms with E-state index in [0.29, 0.717) is 18.1 Å².